The van der Waals surface area contributed by atoms with Crippen LogP contribution in [0.3, 0.4) is 0 Å². The number of hydrogen-bond acceptors (Lipinski definition) is 8. The summed E-state index contributed by atoms with van der Waals surface area (Å²) >= 11 is 0. The summed E-state index contributed by atoms with van der Waals surface area (Å²) in [5, 5.41) is 0. The van der Waals surface area contributed by atoms with Crippen LogP contribution in [0.5, 0.6) is 28.7 Å². The Balaban J connectivity index is 1.68. The molecule has 0 N–H and O–H groups in total. The second kappa shape index (κ2) is 20.1. The summed E-state index contributed by atoms with van der Waals surface area (Å²) in [5.74, 6) is -0.155. The minimum absolute atomic E-state index is 0.136. The van der Waals surface area contributed by atoms with E-state index >= 15 is 0 Å². The predicted octanol–water partition coefficient (Wildman–Crippen LogP) is 9.33. The van der Waals surface area contributed by atoms with E-state index in [1.165, 1.54) is 77.7 Å². The maximum absolute atomic E-state index is 13.9. The summed E-state index contributed by atoms with van der Waals surface area (Å²) in [6.45, 7) is 4.39. The third-order valence-corrected chi connectivity index (χ3v) is 9.53. The fraction of sp³-hybridized carbons (Fsp3) is 0.641. The fourth-order valence-electron chi connectivity index (χ4n) is 6.83. The van der Waals surface area contributed by atoms with Gasteiger partial charge in [0, 0.05) is 17.4 Å². The van der Waals surface area contributed by atoms with E-state index in [2.05, 4.69) is 6.92 Å². The normalized spacial score (nSPS) is 17.2. The Bertz CT molecular complexity index is 1250. The Kier molecular flexibility index (Phi) is 16.2. The number of rotatable bonds is 22. The van der Waals surface area contributed by atoms with Gasteiger partial charge in [-0.15, -0.1) is 0 Å². The van der Waals surface area contributed by atoms with Crippen molar-refractivity contribution in [3.8, 4) is 28.7 Å². The molecule has 3 unspecified atom stereocenters. The van der Waals surface area contributed by atoms with Crippen LogP contribution in [-0.2, 0) is 9.53 Å². The van der Waals surface area contributed by atoms with E-state index in [4.69, 9.17) is 28.4 Å². The zero-order valence-electron chi connectivity index (χ0n) is 29.9. The third kappa shape index (κ3) is 10.0. The lowest BCUT2D eigenvalue weighted by Crippen LogP contribution is -2.39. The van der Waals surface area contributed by atoms with E-state index in [1.807, 2.05) is 12.1 Å². The highest BCUT2D eigenvalue weighted by atomic mass is 16.5. The van der Waals surface area contributed by atoms with Crippen molar-refractivity contribution in [1.29, 1.82) is 0 Å². The van der Waals surface area contributed by atoms with Gasteiger partial charge in [0.2, 0.25) is 5.75 Å². The molecule has 0 radical (unpaired) electrons. The molecule has 1 aliphatic rings. The lowest BCUT2D eigenvalue weighted by atomic mass is 9.66. The van der Waals surface area contributed by atoms with Crippen LogP contribution >= 0.6 is 0 Å². The molecular formula is C39H58O8. The van der Waals surface area contributed by atoms with Gasteiger partial charge in [0.05, 0.1) is 48.1 Å². The van der Waals surface area contributed by atoms with Crippen molar-refractivity contribution in [3.63, 3.8) is 0 Å². The molecule has 0 spiro atoms. The van der Waals surface area contributed by atoms with Gasteiger partial charge < -0.3 is 28.4 Å². The molecule has 1 aliphatic carbocycles. The SMILES string of the molecule is CCCCCCCCCCCCCCCCOC(=O)C1C(C)C(=O)c2cc(OC)c(OC)cc2C1c1cc(OC)c(OC)c(OC)c1. The van der Waals surface area contributed by atoms with Gasteiger partial charge in [-0.25, -0.2) is 0 Å². The summed E-state index contributed by atoms with van der Waals surface area (Å²) in [5.41, 5.74) is 1.90. The van der Waals surface area contributed by atoms with Crippen LogP contribution in [0.15, 0.2) is 24.3 Å². The van der Waals surface area contributed by atoms with Crippen LogP contribution in [0.2, 0.25) is 0 Å². The molecule has 0 aromatic heterocycles. The number of carbonyl (C=O) groups excluding carboxylic acids is 2. The summed E-state index contributed by atoms with van der Waals surface area (Å²) in [6.07, 6.45) is 17.6. The number of fused-ring (bicyclic) bond motifs is 1. The molecule has 0 saturated heterocycles. The van der Waals surface area contributed by atoms with Crippen molar-refractivity contribution in [2.75, 3.05) is 42.2 Å². The molecule has 3 atom stereocenters. The summed E-state index contributed by atoms with van der Waals surface area (Å²) in [7, 11) is 7.74. The van der Waals surface area contributed by atoms with Gasteiger partial charge in [0.1, 0.15) is 0 Å². The second-order valence-corrected chi connectivity index (χ2v) is 12.7. The first-order chi connectivity index (χ1) is 22.9. The molecule has 0 heterocycles. The second-order valence-electron chi connectivity index (χ2n) is 12.7. The van der Waals surface area contributed by atoms with Gasteiger partial charge in [-0.3, -0.25) is 9.59 Å². The van der Waals surface area contributed by atoms with E-state index in [9.17, 15) is 9.59 Å². The van der Waals surface area contributed by atoms with Gasteiger partial charge in [-0.05, 0) is 41.8 Å². The topological polar surface area (TPSA) is 89.5 Å². The van der Waals surface area contributed by atoms with E-state index in [0.29, 0.717) is 46.5 Å². The number of esters is 1. The van der Waals surface area contributed by atoms with E-state index in [1.54, 1.807) is 47.5 Å². The van der Waals surface area contributed by atoms with E-state index in [0.717, 1.165) is 24.8 Å². The lowest BCUT2D eigenvalue weighted by Gasteiger charge is -2.36. The first-order valence-corrected chi connectivity index (χ1v) is 17.6. The Labute approximate surface area is 282 Å². The van der Waals surface area contributed by atoms with E-state index in [-0.39, 0.29) is 11.8 Å². The Hall–Kier alpha value is -3.42. The average Bonchev–Trinajstić information content (AvgIpc) is 3.09. The molecule has 47 heavy (non-hydrogen) atoms. The third-order valence-electron chi connectivity index (χ3n) is 9.53. The van der Waals surface area contributed by atoms with Crippen molar-refractivity contribution in [3.05, 3.63) is 41.0 Å². The van der Waals surface area contributed by atoms with Crippen LogP contribution in [-0.4, -0.2) is 53.9 Å². The number of unbranched alkanes of at least 4 members (excludes halogenated alkanes) is 13. The molecule has 0 fully saturated rings. The summed E-state index contributed by atoms with van der Waals surface area (Å²) < 4.78 is 33.9. The Morgan fingerprint density at radius 1 is 0.617 bits per heavy atom. The Morgan fingerprint density at radius 3 is 1.55 bits per heavy atom. The summed E-state index contributed by atoms with van der Waals surface area (Å²) in [4.78, 5) is 27.6. The summed E-state index contributed by atoms with van der Waals surface area (Å²) in [6, 6.07) is 7.17. The number of methoxy groups -OCH3 is 5. The molecule has 262 valence electrons. The van der Waals surface area contributed by atoms with Crippen LogP contribution in [0.25, 0.3) is 0 Å². The molecule has 2 aromatic rings. The molecular weight excluding hydrogens is 596 g/mol. The lowest BCUT2D eigenvalue weighted by molar-refractivity contribution is -0.150. The molecule has 8 nitrogen and oxygen atoms in total. The van der Waals surface area contributed by atoms with Crippen molar-refractivity contribution >= 4 is 11.8 Å². The largest absolute Gasteiger partial charge is 0.493 e. The van der Waals surface area contributed by atoms with Gasteiger partial charge in [0.15, 0.2) is 28.8 Å². The minimum Gasteiger partial charge on any atom is -0.493 e. The van der Waals surface area contributed by atoms with Gasteiger partial charge in [0.25, 0.3) is 0 Å². The number of hydrogen-bond donors (Lipinski definition) is 0. The van der Waals surface area contributed by atoms with Crippen LogP contribution < -0.4 is 23.7 Å². The maximum Gasteiger partial charge on any atom is 0.310 e. The quantitative estimate of drug-likeness (QED) is 0.0917. The molecule has 0 bridgehead atoms. The smallest absolute Gasteiger partial charge is 0.310 e. The van der Waals surface area contributed by atoms with Gasteiger partial charge in [-0.2, -0.15) is 0 Å². The highest BCUT2D eigenvalue weighted by molar-refractivity contribution is 6.04. The van der Waals surface area contributed by atoms with Crippen LogP contribution in [0.1, 0.15) is 131 Å². The average molecular weight is 655 g/mol. The standard InChI is InChI=1S/C39H58O8/c1-8-9-10-11-12-13-14-15-16-17-18-19-20-21-22-47-39(41)35-27(2)37(40)30-26-32(43-4)31(42-3)25-29(30)36(35)28-23-33(44-5)38(46-7)34(24-28)45-6/h23-27,35-36H,8-22H2,1-7H3. The fourth-order valence-corrected chi connectivity index (χ4v) is 6.83. The Morgan fingerprint density at radius 2 is 1.09 bits per heavy atom. The number of ether oxygens (including phenoxy) is 6. The van der Waals surface area contributed by atoms with Crippen molar-refractivity contribution < 1.29 is 38.0 Å². The van der Waals surface area contributed by atoms with Crippen molar-refractivity contribution in [1.82, 2.24) is 0 Å². The van der Waals surface area contributed by atoms with E-state index < -0.39 is 17.8 Å². The predicted molar refractivity (Wildman–Crippen MR) is 186 cm³/mol. The highest BCUT2D eigenvalue weighted by Gasteiger charge is 2.46. The molecule has 3 rings (SSSR count). The minimum atomic E-state index is -0.762. The van der Waals surface area contributed by atoms with Gasteiger partial charge >= 0.3 is 5.97 Å². The maximum atomic E-state index is 13.9. The van der Waals surface area contributed by atoms with Crippen molar-refractivity contribution in [2.24, 2.45) is 11.8 Å². The zero-order chi connectivity index (χ0) is 34.2. The highest BCUT2D eigenvalue weighted by Crippen LogP contribution is 2.50. The molecule has 0 saturated carbocycles. The van der Waals surface area contributed by atoms with Gasteiger partial charge in [-0.1, -0.05) is 97.3 Å². The van der Waals surface area contributed by atoms with Crippen molar-refractivity contribution in [2.45, 2.75) is 110 Å². The first kappa shape index (κ1) is 38.0. The number of benzene rings is 2. The number of carbonyl (C=O) groups is 2. The zero-order valence-corrected chi connectivity index (χ0v) is 29.9. The molecule has 8 heteroatoms. The van der Waals surface area contributed by atoms with Crippen LogP contribution in [0.4, 0.5) is 0 Å². The molecule has 0 aliphatic heterocycles. The molecule has 0 amide bonds. The number of ketones is 1. The van der Waals surface area contributed by atoms with Crippen LogP contribution in [0, 0.1) is 11.8 Å². The monoisotopic (exact) mass is 654 g/mol. The first-order valence-electron chi connectivity index (χ1n) is 17.6. The number of Topliss-reactive ketones (excluding diaryl/α,β-unsaturated/α-hetero) is 1. The molecule has 2 aromatic carbocycles.